The van der Waals surface area contributed by atoms with Gasteiger partial charge in [-0.05, 0) is 12.8 Å². The number of Topliss-reactive ketones (excluding diaryl/α,β-unsaturated/α-hetero) is 1. The van der Waals surface area contributed by atoms with E-state index < -0.39 is 0 Å². The normalized spacial score (nSPS) is 14.9. The Bertz CT molecular complexity index is 431. The van der Waals surface area contributed by atoms with E-state index in [4.69, 9.17) is 4.74 Å². The lowest BCUT2D eigenvalue weighted by Crippen LogP contribution is -2.13. The second-order valence-corrected chi connectivity index (χ2v) is 3.80. The van der Waals surface area contributed by atoms with Gasteiger partial charge in [-0.15, -0.1) is 0 Å². The van der Waals surface area contributed by atoms with Gasteiger partial charge in [0.1, 0.15) is 0 Å². The molecule has 2 rings (SSSR count). The smallest absolute Gasteiger partial charge is 0.308 e. The summed E-state index contributed by atoms with van der Waals surface area (Å²) in [7, 11) is 1.87. The van der Waals surface area contributed by atoms with E-state index in [9.17, 15) is 9.59 Å². The molecule has 0 aliphatic heterocycles. The first kappa shape index (κ1) is 9.96. The average molecular weight is 207 g/mol. The molecule has 0 amide bonds. The first-order chi connectivity index (χ1) is 7.09. The van der Waals surface area contributed by atoms with E-state index in [1.165, 1.54) is 6.92 Å². The minimum Gasteiger partial charge on any atom is -0.424 e. The predicted molar refractivity (Wildman–Crippen MR) is 54.0 cm³/mol. The van der Waals surface area contributed by atoms with Gasteiger partial charge >= 0.3 is 5.97 Å². The molecular weight excluding hydrogens is 194 g/mol. The van der Waals surface area contributed by atoms with Crippen LogP contribution in [0.15, 0.2) is 6.20 Å². The molecule has 1 aromatic heterocycles. The lowest BCUT2D eigenvalue weighted by molar-refractivity contribution is -0.131. The Kier molecular flexibility index (Phi) is 2.34. The molecule has 0 atom stereocenters. The first-order valence-electron chi connectivity index (χ1n) is 4.99. The zero-order valence-corrected chi connectivity index (χ0v) is 8.87. The minimum absolute atomic E-state index is 0.0769. The van der Waals surface area contributed by atoms with Crippen LogP contribution in [0.1, 0.15) is 35.8 Å². The lowest BCUT2D eigenvalue weighted by Gasteiger charge is -2.12. The highest BCUT2D eigenvalue weighted by molar-refractivity contribution is 6.01. The number of carbonyl (C=O) groups is 2. The molecule has 1 aliphatic rings. The van der Waals surface area contributed by atoms with Crippen molar-refractivity contribution in [3.63, 3.8) is 0 Å². The van der Waals surface area contributed by atoms with E-state index >= 15 is 0 Å². The summed E-state index contributed by atoms with van der Waals surface area (Å²) < 4.78 is 6.89. The van der Waals surface area contributed by atoms with E-state index in [1.54, 1.807) is 6.20 Å². The van der Waals surface area contributed by atoms with Crippen molar-refractivity contribution in [2.45, 2.75) is 26.2 Å². The summed E-state index contributed by atoms with van der Waals surface area (Å²) in [6.07, 6.45) is 4.00. The molecule has 0 unspecified atom stereocenters. The molecule has 0 fully saturated rings. The summed E-state index contributed by atoms with van der Waals surface area (Å²) in [6, 6.07) is 0. The quantitative estimate of drug-likeness (QED) is 0.655. The van der Waals surface area contributed by atoms with Gasteiger partial charge in [-0.1, -0.05) is 0 Å². The zero-order valence-electron chi connectivity index (χ0n) is 8.87. The number of ether oxygens (including phenoxy) is 1. The SMILES string of the molecule is CC(=O)Oc1cn(C)c2c1C(=O)CCC2. The van der Waals surface area contributed by atoms with E-state index in [-0.39, 0.29) is 11.8 Å². The Hall–Kier alpha value is -1.58. The highest BCUT2D eigenvalue weighted by Gasteiger charge is 2.25. The van der Waals surface area contributed by atoms with Crippen LogP contribution in [0.3, 0.4) is 0 Å². The van der Waals surface area contributed by atoms with Crippen molar-refractivity contribution in [2.24, 2.45) is 7.05 Å². The number of esters is 1. The summed E-state index contributed by atoms with van der Waals surface area (Å²) in [6.45, 7) is 1.34. The molecule has 0 radical (unpaired) electrons. The molecule has 4 heteroatoms. The number of fused-ring (bicyclic) bond motifs is 1. The van der Waals surface area contributed by atoms with Gasteiger partial charge in [-0.25, -0.2) is 0 Å². The van der Waals surface area contributed by atoms with Crippen LogP contribution < -0.4 is 4.74 Å². The Morgan fingerprint density at radius 1 is 1.47 bits per heavy atom. The van der Waals surface area contributed by atoms with Crippen LogP contribution in [-0.2, 0) is 18.3 Å². The van der Waals surface area contributed by atoms with Gasteiger partial charge in [-0.3, -0.25) is 9.59 Å². The topological polar surface area (TPSA) is 48.3 Å². The van der Waals surface area contributed by atoms with Gasteiger partial charge in [-0.2, -0.15) is 0 Å². The molecule has 0 saturated heterocycles. The molecular formula is C11H13NO3. The third kappa shape index (κ3) is 1.67. The van der Waals surface area contributed by atoms with Gasteiger partial charge in [0.25, 0.3) is 0 Å². The van der Waals surface area contributed by atoms with Crippen LogP contribution in [0.2, 0.25) is 0 Å². The molecule has 0 N–H and O–H groups in total. The number of hydrogen-bond acceptors (Lipinski definition) is 3. The molecule has 80 valence electrons. The molecule has 15 heavy (non-hydrogen) atoms. The fraction of sp³-hybridized carbons (Fsp3) is 0.455. The molecule has 0 spiro atoms. The van der Waals surface area contributed by atoms with Crippen molar-refractivity contribution in [1.29, 1.82) is 0 Å². The van der Waals surface area contributed by atoms with Gasteiger partial charge < -0.3 is 9.30 Å². The van der Waals surface area contributed by atoms with E-state index in [0.29, 0.717) is 17.7 Å². The maximum absolute atomic E-state index is 11.7. The Balaban J connectivity index is 2.48. The number of carbonyl (C=O) groups excluding carboxylic acids is 2. The van der Waals surface area contributed by atoms with Crippen LogP contribution in [0, 0.1) is 0 Å². The number of rotatable bonds is 1. The van der Waals surface area contributed by atoms with E-state index in [0.717, 1.165) is 18.5 Å². The number of aryl methyl sites for hydroxylation is 1. The highest BCUT2D eigenvalue weighted by Crippen LogP contribution is 2.31. The van der Waals surface area contributed by atoms with Crippen molar-refractivity contribution in [3.05, 3.63) is 17.5 Å². The number of aromatic nitrogens is 1. The molecule has 0 aromatic carbocycles. The van der Waals surface area contributed by atoms with Crippen LogP contribution in [0.5, 0.6) is 5.75 Å². The van der Waals surface area contributed by atoms with Crippen LogP contribution in [-0.4, -0.2) is 16.3 Å². The van der Waals surface area contributed by atoms with Crippen LogP contribution in [0.4, 0.5) is 0 Å². The fourth-order valence-electron chi connectivity index (χ4n) is 2.01. The maximum atomic E-state index is 11.7. The molecule has 1 aliphatic carbocycles. The van der Waals surface area contributed by atoms with Crippen molar-refractivity contribution in [2.75, 3.05) is 0 Å². The summed E-state index contributed by atoms with van der Waals surface area (Å²) in [5.41, 5.74) is 1.57. The van der Waals surface area contributed by atoms with Crippen molar-refractivity contribution >= 4 is 11.8 Å². The largest absolute Gasteiger partial charge is 0.424 e. The maximum Gasteiger partial charge on any atom is 0.308 e. The summed E-state index contributed by atoms with van der Waals surface area (Å²) in [5, 5.41) is 0. The monoisotopic (exact) mass is 207 g/mol. The lowest BCUT2D eigenvalue weighted by atomic mass is 9.96. The Morgan fingerprint density at radius 2 is 2.20 bits per heavy atom. The summed E-state index contributed by atoms with van der Waals surface area (Å²) in [5.74, 6) is 0.0968. The third-order valence-corrected chi connectivity index (χ3v) is 2.62. The highest BCUT2D eigenvalue weighted by atomic mass is 16.5. The summed E-state index contributed by atoms with van der Waals surface area (Å²) in [4.78, 5) is 22.6. The first-order valence-corrected chi connectivity index (χ1v) is 4.99. The second-order valence-electron chi connectivity index (χ2n) is 3.80. The average Bonchev–Trinajstić information content (AvgIpc) is 2.44. The van der Waals surface area contributed by atoms with E-state index in [1.807, 2.05) is 11.6 Å². The molecule has 1 heterocycles. The molecule has 1 aromatic rings. The van der Waals surface area contributed by atoms with Crippen LogP contribution >= 0.6 is 0 Å². The standard InChI is InChI=1S/C11H13NO3/c1-7(13)15-10-6-12(2)8-4-3-5-9(14)11(8)10/h6H,3-5H2,1-2H3. The number of nitrogens with zero attached hydrogens (tertiary/aromatic N) is 1. The van der Waals surface area contributed by atoms with Gasteiger partial charge in [0.15, 0.2) is 11.5 Å². The molecule has 0 bridgehead atoms. The molecule has 0 saturated carbocycles. The van der Waals surface area contributed by atoms with Gasteiger partial charge in [0.05, 0.1) is 5.56 Å². The molecule has 4 nitrogen and oxygen atoms in total. The Labute approximate surface area is 87.8 Å². The summed E-state index contributed by atoms with van der Waals surface area (Å²) >= 11 is 0. The van der Waals surface area contributed by atoms with Crippen molar-refractivity contribution in [1.82, 2.24) is 4.57 Å². The number of ketones is 1. The van der Waals surface area contributed by atoms with Crippen LogP contribution in [0.25, 0.3) is 0 Å². The second kappa shape index (κ2) is 3.53. The van der Waals surface area contributed by atoms with E-state index in [2.05, 4.69) is 0 Å². The number of hydrogen-bond donors (Lipinski definition) is 0. The third-order valence-electron chi connectivity index (χ3n) is 2.62. The predicted octanol–water partition coefficient (Wildman–Crippen LogP) is 1.47. The van der Waals surface area contributed by atoms with Gasteiger partial charge in [0.2, 0.25) is 0 Å². The minimum atomic E-state index is -0.387. The van der Waals surface area contributed by atoms with Crippen molar-refractivity contribution < 1.29 is 14.3 Å². The van der Waals surface area contributed by atoms with Gasteiger partial charge in [0, 0.05) is 32.3 Å². The Morgan fingerprint density at radius 3 is 2.87 bits per heavy atom. The zero-order chi connectivity index (χ0) is 11.0. The van der Waals surface area contributed by atoms with Crippen molar-refractivity contribution in [3.8, 4) is 5.75 Å². The fourth-order valence-corrected chi connectivity index (χ4v) is 2.01.